The van der Waals surface area contributed by atoms with Crippen LogP contribution in [-0.4, -0.2) is 13.9 Å². The molecule has 0 spiro atoms. The molecule has 4 nitrogen and oxygen atoms in total. The number of rotatable bonds is 6. The molecule has 28 heavy (non-hydrogen) atoms. The molecule has 0 saturated heterocycles. The smallest absolute Gasteiger partial charge is 0.493 e. The predicted octanol–water partition coefficient (Wildman–Crippen LogP) is 5.09. The second kappa shape index (κ2) is 8.13. The molecular formula is C17H12F6O4S. The molecule has 0 aliphatic heterocycles. The van der Waals surface area contributed by atoms with Crippen molar-refractivity contribution in [3.05, 3.63) is 77.5 Å². The van der Waals surface area contributed by atoms with Crippen LogP contribution in [0.1, 0.15) is 16.7 Å². The van der Waals surface area contributed by atoms with Crippen LogP contribution in [0.4, 0.5) is 26.3 Å². The van der Waals surface area contributed by atoms with Crippen molar-refractivity contribution in [2.45, 2.75) is 18.3 Å². The Morgan fingerprint density at radius 2 is 1.46 bits per heavy atom. The van der Waals surface area contributed by atoms with Crippen molar-refractivity contribution in [3.63, 3.8) is 0 Å². The Morgan fingerprint density at radius 1 is 0.893 bits per heavy atom. The third-order valence-corrected chi connectivity index (χ3v) is 4.23. The average molecular weight is 426 g/mol. The zero-order chi connectivity index (χ0) is 21.0. The topological polar surface area (TPSA) is 52.6 Å². The predicted molar refractivity (Wildman–Crippen MR) is 86.7 cm³/mol. The molecule has 11 heteroatoms. The first-order valence-corrected chi connectivity index (χ1v) is 8.85. The van der Waals surface area contributed by atoms with Crippen LogP contribution >= 0.6 is 0 Å². The van der Waals surface area contributed by atoms with Gasteiger partial charge in [0.05, 0.1) is 5.56 Å². The van der Waals surface area contributed by atoms with Gasteiger partial charge >= 0.3 is 21.8 Å². The minimum atomic E-state index is -5.94. The summed E-state index contributed by atoms with van der Waals surface area (Å²) in [7, 11) is -5.94. The lowest BCUT2D eigenvalue weighted by Crippen LogP contribution is -2.25. The van der Waals surface area contributed by atoms with Gasteiger partial charge in [0.1, 0.15) is 12.9 Å². The Labute approximate surface area is 156 Å². The SMILES string of the molecule is O=S(=O)(O/C(=C\OCc1ccc(C(F)(F)F)cc1)c1ccccc1)C(F)(F)F. The largest absolute Gasteiger partial charge is 0.534 e. The van der Waals surface area contributed by atoms with E-state index in [9.17, 15) is 34.8 Å². The van der Waals surface area contributed by atoms with E-state index in [4.69, 9.17) is 4.74 Å². The molecule has 0 N–H and O–H groups in total. The summed E-state index contributed by atoms with van der Waals surface area (Å²) in [5.41, 5.74) is -6.26. The van der Waals surface area contributed by atoms with Crippen molar-refractivity contribution in [2.24, 2.45) is 0 Å². The summed E-state index contributed by atoms with van der Waals surface area (Å²) in [6, 6.07) is 10.8. The molecule has 0 unspecified atom stereocenters. The lowest BCUT2D eigenvalue weighted by molar-refractivity contribution is -0.137. The maximum absolute atomic E-state index is 12.6. The van der Waals surface area contributed by atoms with Gasteiger partial charge in [-0.15, -0.1) is 0 Å². The summed E-state index contributed by atoms with van der Waals surface area (Å²) >= 11 is 0. The highest BCUT2D eigenvalue weighted by molar-refractivity contribution is 7.87. The van der Waals surface area contributed by atoms with Crippen LogP contribution in [0.15, 0.2) is 60.9 Å². The highest BCUT2D eigenvalue weighted by atomic mass is 32.2. The van der Waals surface area contributed by atoms with Crippen molar-refractivity contribution in [2.75, 3.05) is 0 Å². The Morgan fingerprint density at radius 3 is 1.96 bits per heavy atom. The van der Waals surface area contributed by atoms with Gasteiger partial charge in [-0.1, -0.05) is 42.5 Å². The van der Waals surface area contributed by atoms with Gasteiger partial charge in [-0.2, -0.15) is 34.8 Å². The zero-order valence-electron chi connectivity index (χ0n) is 13.8. The molecule has 0 fully saturated rings. The highest BCUT2D eigenvalue weighted by Crippen LogP contribution is 2.31. The van der Waals surface area contributed by atoms with Crippen molar-refractivity contribution in [1.29, 1.82) is 0 Å². The van der Waals surface area contributed by atoms with E-state index in [-0.39, 0.29) is 17.7 Å². The van der Waals surface area contributed by atoms with E-state index in [1.165, 1.54) is 24.3 Å². The molecule has 2 rings (SSSR count). The normalized spacial score (nSPS) is 13.3. The molecule has 2 aromatic carbocycles. The summed E-state index contributed by atoms with van der Waals surface area (Å²) < 4.78 is 107. The number of hydrogen-bond donors (Lipinski definition) is 0. The summed E-state index contributed by atoms with van der Waals surface area (Å²) in [5.74, 6) is -0.732. The van der Waals surface area contributed by atoms with E-state index >= 15 is 0 Å². The van der Waals surface area contributed by atoms with Gasteiger partial charge in [0.25, 0.3) is 0 Å². The minimum Gasteiger partial charge on any atom is -0.493 e. The van der Waals surface area contributed by atoms with Crippen LogP contribution in [0.3, 0.4) is 0 Å². The third kappa shape index (κ3) is 5.65. The first-order valence-electron chi connectivity index (χ1n) is 7.44. The molecule has 0 heterocycles. The summed E-state index contributed by atoms with van der Waals surface area (Å²) in [6.45, 7) is -0.329. The molecule has 152 valence electrons. The zero-order valence-corrected chi connectivity index (χ0v) is 14.6. The van der Waals surface area contributed by atoms with E-state index in [0.717, 1.165) is 24.3 Å². The molecule has 0 bridgehead atoms. The molecule has 0 amide bonds. The second-order valence-corrected chi connectivity index (χ2v) is 6.87. The van der Waals surface area contributed by atoms with E-state index in [1.54, 1.807) is 6.07 Å². The van der Waals surface area contributed by atoms with E-state index in [0.29, 0.717) is 6.26 Å². The fourth-order valence-corrected chi connectivity index (χ4v) is 2.37. The van der Waals surface area contributed by atoms with E-state index < -0.39 is 33.1 Å². The van der Waals surface area contributed by atoms with Gasteiger partial charge in [-0.05, 0) is 17.7 Å². The average Bonchev–Trinajstić information content (AvgIpc) is 2.60. The number of benzene rings is 2. The summed E-state index contributed by atoms with van der Waals surface area (Å²) in [6.07, 6.45) is -3.87. The fraction of sp³-hybridized carbons (Fsp3) is 0.176. The van der Waals surface area contributed by atoms with Crippen molar-refractivity contribution >= 4 is 15.9 Å². The molecule has 0 atom stereocenters. The van der Waals surface area contributed by atoms with Crippen molar-refractivity contribution in [1.82, 2.24) is 0 Å². The van der Waals surface area contributed by atoms with Gasteiger partial charge in [0.2, 0.25) is 0 Å². The maximum Gasteiger partial charge on any atom is 0.534 e. The first kappa shape index (κ1) is 21.6. The Balaban J connectivity index is 2.19. The number of halogens is 6. The maximum atomic E-state index is 12.6. The van der Waals surface area contributed by atoms with Gasteiger partial charge in [-0.25, -0.2) is 0 Å². The summed E-state index contributed by atoms with van der Waals surface area (Å²) in [4.78, 5) is 0. The number of alkyl halides is 6. The van der Waals surface area contributed by atoms with E-state index in [2.05, 4.69) is 4.18 Å². The van der Waals surface area contributed by atoms with Gasteiger partial charge in [-0.3, -0.25) is 0 Å². The van der Waals surface area contributed by atoms with Crippen LogP contribution in [-0.2, 0) is 31.8 Å². The standard InChI is InChI=1S/C17H12F6O4S/c18-16(19,20)14-8-6-12(7-9-14)10-26-11-15(13-4-2-1-3-5-13)27-28(24,25)17(21,22)23/h1-9,11H,10H2/b15-11-. The van der Waals surface area contributed by atoms with Crippen LogP contribution in [0.5, 0.6) is 0 Å². The number of hydrogen-bond acceptors (Lipinski definition) is 4. The molecule has 0 aliphatic rings. The first-order chi connectivity index (χ1) is 12.9. The van der Waals surface area contributed by atoms with Crippen molar-refractivity contribution < 1.29 is 43.7 Å². The number of ether oxygens (including phenoxy) is 1. The van der Waals surface area contributed by atoms with Crippen LogP contribution in [0.25, 0.3) is 5.76 Å². The van der Waals surface area contributed by atoms with Crippen LogP contribution in [0, 0.1) is 0 Å². The highest BCUT2D eigenvalue weighted by Gasteiger charge is 2.49. The fourth-order valence-electron chi connectivity index (χ4n) is 1.91. The minimum absolute atomic E-state index is 0.0113. The van der Waals surface area contributed by atoms with Crippen LogP contribution in [0.2, 0.25) is 0 Å². The van der Waals surface area contributed by atoms with Crippen molar-refractivity contribution in [3.8, 4) is 0 Å². The second-order valence-electron chi connectivity index (χ2n) is 5.34. The molecular weight excluding hydrogens is 414 g/mol. The molecule has 0 aliphatic carbocycles. The Kier molecular flexibility index (Phi) is 6.27. The molecule has 0 radical (unpaired) electrons. The van der Waals surface area contributed by atoms with Gasteiger partial charge in [0, 0.05) is 5.56 Å². The molecule has 0 aromatic heterocycles. The van der Waals surface area contributed by atoms with Crippen LogP contribution < -0.4 is 0 Å². The van der Waals surface area contributed by atoms with Gasteiger partial charge < -0.3 is 8.92 Å². The summed E-state index contributed by atoms with van der Waals surface area (Å²) in [5, 5.41) is 0. The monoisotopic (exact) mass is 426 g/mol. The molecule has 0 saturated carbocycles. The van der Waals surface area contributed by atoms with Gasteiger partial charge in [0.15, 0.2) is 5.76 Å². The molecule has 2 aromatic rings. The third-order valence-electron chi connectivity index (χ3n) is 3.26. The quantitative estimate of drug-likeness (QED) is 0.280. The lowest BCUT2D eigenvalue weighted by atomic mass is 10.1. The Hall–Kier alpha value is -2.69. The lowest BCUT2D eigenvalue weighted by Gasteiger charge is -2.13. The van der Waals surface area contributed by atoms with E-state index in [1.807, 2.05) is 0 Å². The Bertz CT molecular complexity index is 917.